The molecule has 0 radical (unpaired) electrons. The number of ether oxygens (including phenoxy) is 3. The Morgan fingerprint density at radius 3 is 0.889 bits per heavy atom. The highest BCUT2D eigenvalue weighted by Crippen LogP contribution is 2.51. The number of aliphatic hydroxyl groups is 3. The van der Waals surface area contributed by atoms with E-state index in [9.17, 15) is 72.8 Å². The zero-order valence-corrected chi connectivity index (χ0v) is 26.9. The van der Waals surface area contributed by atoms with Gasteiger partial charge >= 0.3 is 41.4 Å². The number of aliphatic hydroxyl groups excluding tert-OH is 3. The summed E-state index contributed by atoms with van der Waals surface area (Å²) in [5.41, 5.74) is 0. The number of esters is 3. The van der Waals surface area contributed by atoms with E-state index in [4.69, 9.17) is 14.2 Å². The van der Waals surface area contributed by atoms with Crippen molar-refractivity contribution in [3.05, 3.63) is 0 Å². The fraction of sp³-hybridized carbons (Fsp3) is 0.857. The first kappa shape index (κ1) is 41.6. The van der Waals surface area contributed by atoms with Crippen molar-refractivity contribution >= 4 is 41.4 Å². The number of phosphoric ester groups is 3. The Hall–Kier alpha value is -1.38. The maximum absolute atomic E-state index is 12.8. The van der Waals surface area contributed by atoms with Gasteiger partial charge in [-0.15, -0.1) is 0 Å². The fourth-order valence-electron chi connectivity index (χ4n) is 3.97. The Kier molecular flexibility index (Phi) is 16.4. The van der Waals surface area contributed by atoms with E-state index in [-0.39, 0.29) is 19.3 Å². The lowest BCUT2D eigenvalue weighted by molar-refractivity contribution is -0.241. The summed E-state index contributed by atoms with van der Waals surface area (Å²) in [6.45, 7) is 3.87. The summed E-state index contributed by atoms with van der Waals surface area (Å²) in [6.07, 6.45) is -21.0. The van der Waals surface area contributed by atoms with E-state index in [0.29, 0.717) is 0 Å². The van der Waals surface area contributed by atoms with E-state index >= 15 is 0 Å². The molecule has 5 unspecified atom stereocenters. The number of hydrogen-bond donors (Lipinski definition) is 9. The molecule has 45 heavy (non-hydrogen) atoms. The molecular formula is C21H39O21P3. The maximum atomic E-state index is 12.8. The van der Waals surface area contributed by atoms with Crippen molar-refractivity contribution in [3.8, 4) is 0 Å². The van der Waals surface area contributed by atoms with Crippen molar-refractivity contribution in [2.24, 2.45) is 0 Å². The number of phosphoric acid groups is 3. The molecule has 9 N–H and O–H groups in total. The van der Waals surface area contributed by atoms with Crippen molar-refractivity contribution < 1.29 is 101 Å². The summed E-state index contributed by atoms with van der Waals surface area (Å²) in [7, 11) is -17.4. The van der Waals surface area contributed by atoms with Crippen LogP contribution in [0.5, 0.6) is 0 Å². The molecule has 1 aliphatic rings. The third-order valence-corrected chi connectivity index (χ3v) is 7.38. The van der Waals surface area contributed by atoms with Crippen LogP contribution in [-0.2, 0) is 55.9 Å². The van der Waals surface area contributed by atoms with Crippen LogP contribution in [0.3, 0.4) is 0 Å². The molecule has 0 saturated heterocycles. The first-order chi connectivity index (χ1) is 20.4. The molecular weight excluding hydrogens is 681 g/mol. The smallest absolute Gasteiger partial charge is 0.455 e. The van der Waals surface area contributed by atoms with Gasteiger partial charge in [0.1, 0.15) is 18.3 Å². The van der Waals surface area contributed by atoms with Crippen molar-refractivity contribution in [1.82, 2.24) is 0 Å². The lowest BCUT2D eigenvalue weighted by atomic mass is 9.84. The van der Waals surface area contributed by atoms with Gasteiger partial charge in [-0.1, -0.05) is 0 Å². The molecule has 1 saturated carbocycles. The quantitative estimate of drug-likeness (QED) is 0.0449. The van der Waals surface area contributed by atoms with Crippen LogP contribution in [-0.4, -0.2) is 118 Å². The Morgan fingerprint density at radius 2 is 0.689 bits per heavy atom. The molecule has 24 heteroatoms. The molecule has 9 atom stereocenters. The van der Waals surface area contributed by atoms with E-state index in [1.165, 1.54) is 20.8 Å². The van der Waals surface area contributed by atoms with Crippen LogP contribution >= 0.6 is 23.5 Å². The zero-order chi connectivity index (χ0) is 34.9. The third-order valence-electron chi connectivity index (χ3n) is 5.82. The van der Waals surface area contributed by atoms with E-state index in [2.05, 4.69) is 13.6 Å². The highest BCUT2D eigenvalue weighted by Gasteiger charge is 2.62. The van der Waals surface area contributed by atoms with Gasteiger partial charge in [0.2, 0.25) is 0 Å². The molecule has 0 aromatic carbocycles. The predicted molar refractivity (Wildman–Crippen MR) is 143 cm³/mol. The Bertz CT molecular complexity index is 1060. The van der Waals surface area contributed by atoms with Gasteiger partial charge in [-0.25, -0.2) is 13.7 Å². The van der Waals surface area contributed by atoms with Crippen molar-refractivity contribution in [2.75, 3.05) is 0 Å². The Balaban J connectivity index is 3.95. The van der Waals surface area contributed by atoms with Crippen LogP contribution in [0.25, 0.3) is 0 Å². The van der Waals surface area contributed by atoms with Crippen molar-refractivity contribution in [2.45, 2.75) is 114 Å². The number of rotatable bonds is 18. The van der Waals surface area contributed by atoms with Gasteiger partial charge in [0.05, 0.1) is 18.3 Å². The summed E-state index contributed by atoms with van der Waals surface area (Å²) in [6, 6.07) is 0. The predicted octanol–water partition coefficient (Wildman–Crippen LogP) is -1.35. The van der Waals surface area contributed by atoms with Crippen molar-refractivity contribution in [1.29, 1.82) is 0 Å². The molecule has 0 aromatic heterocycles. The van der Waals surface area contributed by atoms with E-state index < -0.39 is 116 Å². The lowest BCUT2D eigenvalue weighted by Gasteiger charge is -2.47. The zero-order valence-electron chi connectivity index (χ0n) is 24.2. The van der Waals surface area contributed by atoms with Crippen LogP contribution in [0, 0.1) is 0 Å². The van der Waals surface area contributed by atoms with Crippen LogP contribution in [0.1, 0.15) is 59.3 Å². The number of hydrogen-bond acceptors (Lipinski definition) is 15. The van der Waals surface area contributed by atoms with E-state index in [0.717, 1.165) is 0 Å². The summed E-state index contributed by atoms with van der Waals surface area (Å²) < 4.78 is 65.3. The highest BCUT2D eigenvalue weighted by atomic mass is 31.2. The second kappa shape index (κ2) is 17.7. The molecule has 264 valence electrons. The number of carbonyl (C=O) groups is 3. The van der Waals surface area contributed by atoms with Gasteiger partial charge in [0.15, 0.2) is 18.3 Å². The fourth-order valence-corrected chi connectivity index (χ4v) is 5.64. The van der Waals surface area contributed by atoms with Crippen LogP contribution in [0.15, 0.2) is 0 Å². The largest absolute Gasteiger partial charge is 0.470 e. The number of carbonyl (C=O) groups excluding carboxylic acids is 3. The molecule has 0 aliphatic heterocycles. The first-order valence-corrected chi connectivity index (χ1v) is 17.8. The minimum absolute atomic E-state index is 0.238. The van der Waals surface area contributed by atoms with Gasteiger partial charge in [0.25, 0.3) is 0 Å². The van der Waals surface area contributed by atoms with Crippen LogP contribution < -0.4 is 0 Å². The topological polar surface area (TPSA) is 340 Å². The van der Waals surface area contributed by atoms with Crippen LogP contribution in [0.2, 0.25) is 0 Å². The molecule has 1 fully saturated rings. The minimum Gasteiger partial charge on any atom is -0.455 e. The SMILES string of the molecule is CC(O)CCC(=O)OC1[C@@H](OC(=O)CCC(C)O)[C@H](OP(=O)(O)O)C(OP(=O)(O)O)[C@@H](OP(=O)(O)O)[C@H]1OC(=O)CCC(C)O. The minimum atomic E-state index is -5.83. The second-order valence-corrected chi connectivity index (χ2v) is 13.8. The molecule has 0 bridgehead atoms. The lowest BCUT2D eigenvalue weighted by Crippen LogP contribution is -2.67. The molecule has 0 aromatic rings. The third kappa shape index (κ3) is 16.8. The van der Waals surface area contributed by atoms with Crippen molar-refractivity contribution in [3.63, 3.8) is 0 Å². The van der Waals surface area contributed by atoms with Gasteiger partial charge in [-0.2, -0.15) is 0 Å². The van der Waals surface area contributed by atoms with Gasteiger partial charge in [0, 0.05) is 19.3 Å². The average Bonchev–Trinajstić information content (AvgIpc) is 2.84. The van der Waals surface area contributed by atoms with Crippen LogP contribution in [0.4, 0.5) is 0 Å². The molecule has 0 amide bonds. The van der Waals surface area contributed by atoms with E-state index in [1.54, 1.807) is 0 Å². The standard InChI is InChI=1S/C21H39O21P3/c1-10(22)4-7-13(25)37-16-17(38-14(26)8-5-11(2)23)19(40-43(28,29)30)21(42-45(34,35)36)20(41-44(31,32)33)18(16)39-15(27)9-6-12(3)24/h10-12,16-24H,4-9H2,1-3H3,(H2,28,29,30)(H2,31,32,33)(H2,34,35,36)/t10?,11?,12?,16?,17-,18+,19-,20-,21?/m0/s1. The highest BCUT2D eigenvalue weighted by molar-refractivity contribution is 7.47. The van der Waals surface area contributed by atoms with Gasteiger partial charge in [-0.3, -0.25) is 28.0 Å². The van der Waals surface area contributed by atoms with Gasteiger partial charge < -0.3 is 58.9 Å². The second-order valence-electron chi connectivity index (χ2n) is 10.2. The normalized spacial score (nSPS) is 26.4. The monoisotopic (exact) mass is 720 g/mol. The Labute approximate surface area is 256 Å². The molecule has 0 spiro atoms. The van der Waals surface area contributed by atoms with E-state index in [1.807, 2.05) is 0 Å². The maximum Gasteiger partial charge on any atom is 0.470 e. The summed E-state index contributed by atoms with van der Waals surface area (Å²) >= 11 is 0. The summed E-state index contributed by atoms with van der Waals surface area (Å²) in [4.78, 5) is 95.8. The molecule has 1 rings (SSSR count). The first-order valence-electron chi connectivity index (χ1n) is 13.2. The molecule has 21 nitrogen and oxygen atoms in total. The molecule has 1 aliphatic carbocycles. The molecule has 0 heterocycles. The average molecular weight is 720 g/mol. The summed E-state index contributed by atoms with van der Waals surface area (Å²) in [5.74, 6) is -3.82. The summed E-state index contributed by atoms with van der Waals surface area (Å²) in [5, 5.41) is 28.6. The van der Waals surface area contributed by atoms with Gasteiger partial charge in [-0.05, 0) is 40.0 Å². The Morgan fingerprint density at radius 1 is 0.489 bits per heavy atom.